The van der Waals surface area contributed by atoms with Gasteiger partial charge in [-0.3, -0.25) is 0 Å². The molecule has 0 unspecified atom stereocenters. The molecule has 0 saturated carbocycles. The van der Waals surface area contributed by atoms with Crippen LogP contribution in [0.4, 0.5) is 18.9 Å². The summed E-state index contributed by atoms with van der Waals surface area (Å²) in [5, 5.41) is 3.19. The number of hydrogen-bond donors (Lipinski definition) is 2. The predicted octanol–water partition coefficient (Wildman–Crippen LogP) is 3.79. The van der Waals surface area contributed by atoms with Crippen molar-refractivity contribution in [3.05, 3.63) is 24.0 Å². The van der Waals surface area contributed by atoms with Crippen LogP contribution in [0.2, 0.25) is 0 Å². The Morgan fingerprint density at radius 2 is 1.83 bits per heavy atom. The number of nitrogens with zero attached hydrogens (tertiary/aromatic N) is 1. The van der Waals surface area contributed by atoms with E-state index in [0.29, 0.717) is 11.0 Å². The first-order valence-electron chi connectivity index (χ1n) is 5.50. The molecule has 0 radical (unpaired) electrons. The molecule has 2 N–H and O–H groups in total. The van der Waals surface area contributed by atoms with Crippen LogP contribution in [0.15, 0.2) is 18.2 Å². The van der Waals surface area contributed by atoms with Crippen molar-refractivity contribution in [2.45, 2.75) is 32.5 Å². The van der Waals surface area contributed by atoms with Gasteiger partial charge in [0.2, 0.25) is 5.82 Å². The van der Waals surface area contributed by atoms with Crippen LogP contribution >= 0.6 is 0 Å². The number of aromatic amines is 1. The summed E-state index contributed by atoms with van der Waals surface area (Å²) in [7, 11) is 0. The van der Waals surface area contributed by atoms with E-state index in [1.54, 1.807) is 18.2 Å². The lowest BCUT2D eigenvalue weighted by molar-refractivity contribution is -0.144. The minimum Gasteiger partial charge on any atom is -0.380 e. The number of rotatable bonds is 1. The van der Waals surface area contributed by atoms with Gasteiger partial charge in [-0.05, 0) is 39.0 Å². The lowest BCUT2D eigenvalue weighted by atomic mass is 10.1. The lowest BCUT2D eigenvalue weighted by Crippen LogP contribution is -2.25. The summed E-state index contributed by atoms with van der Waals surface area (Å²) >= 11 is 0. The second-order valence-corrected chi connectivity index (χ2v) is 5.19. The topological polar surface area (TPSA) is 40.7 Å². The fraction of sp³-hybridized carbons (Fsp3) is 0.417. The number of imidazole rings is 1. The second kappa shape index (κ2) is 3.90. The lowest BCUT2D eigenvalue weighted by Gasteiger charge is -2.21. The standard InChI is InChI=1S/C12H14F3N3/c1-11(2,3)18-7-4-5-8-9(6-7)17-10(16-8)12(13,14)15/h4-6,18H,1-3H3,(H,16,17). The molecule has 0 aliphatic rings. The zero-order valence-corrected chi connectivity index (χ0v) is 10.3. The van der Waals surface area contributed by atoms with Crippen molar-refractivity contribution in [3.8, 4) is 0 Å². The van der Waals surface area contributed by atoms with Crippen molar-refractivity contribution in [1.29, 1.82) is 0 Å². The molecule has 0 aliphatic heterocycles. The van der Waals surface area contributed by atoms with Gasteiger partial charge in [0.25, 0.3) is 0 Å². The molecule has 6 heteroatoms. The third-order valence-electron chi connectivity index (χ3n) is 2.27. The number of alkyl halides is 3. The molecule has 0 amide bonds. The SMILES string of the molecule is CC(C)(C)Nc1ccc2[nH]c(C(F)(F)F)nc2c1. The molecule has 0 bridgehead atoms. The molecular formula is C12H14F3N3. The fourth-order valence-electron chi connectivity index (χ4n) is 1.65. The number of hydrogen-bond acceptors (Lipinski definition) is 2. The summed E-state index contributed by atoms with van der Waals surface area (Å²) in [5.41, 5.74) is 1.27. The van der Waals surface area contributed by atoms with Crippen LogP contribution in [-0.4, -0.2) is 15.5 Å². The third-order valence-corrected chi connectivity index (χ3v) is 2.27. The second-order valence-electron chi connectivity index (χ2n) is 5.19. The van der Waals surface area contributed by atoms with E-state index < -0.39 is 12.0 Å². The number of H-pyrrole nitrogens is 1. The van der Waals surface area contributed by atoms with Crippen molar-refractivity contribution in [2.24, 2.45) is 0 Å². The predicted molar refractivity (Wildman–Crippen MR) is 64.5 cm³/mol. The molecule has 1 aromatic carbocycles. The zero-order chi connectivity index (χ0) is 13.6. The van der Waals surface area contributed by atoms with Gasteiger partial charge in [-0.1, -0.05) is 0 Å². The Hall–Kier alpha value is -1.72. The van der Waals surface area contributed by atoms with Crippen LogP contribution in [0, 0.1) is 0 Å². The third kappa shape index (κ3) is 2.75. The Kier molecular flexibility index (Phi) is 2.76. The molecule has 0 atom stereocenters. The van der Waals surface area contributed by atoms with Gasteiger partial charge >= 0.3 is 6.18 Å². The summed E-state index contributed by atoms with van der Waals surface area (Å²) in [6, 6.07) is 4.92. The fourth-order valence-corrected chi connectivity index (χ4v) is 1.65. The molecule has 0 aliphatic carbocycles. The van der Waals surface area contributed by atoms with Crippen LogP contribution in [0.5, 0.6) is 0 Å². The molecule has 18 heavy (non-hydrogen) atoms. The van der Waals surface area contributed by atoms with Crippen molar-refractivity contribution >= 4 is 16.7 Å². The van der Waals surface area contributed by atoms with E-state index in [4.69, 9.17) is 0 Å². The smallest absolute Gasteiger partial charge is 0.380 e. The first-order valence-corrected chi connectivity index (χ1v) is 5.50. The van der Waals surface area contributed by atoms with E-state index in [0.717, 1.165) is 5.69 Å². The van der Waals surface area contributed by atoms with Gasteiger partial charge in [0.1, 0.15) is 0 Å². The first-order chi connectivity index (χ1) is 8.15. The molecule has 98 valence electrons. The molecule has 1 aromatic heterocycles. The summed E-state index contributed by atoms with van der Waals surface area (Å²) < 4.78 is 37.5. The van der Waals surface area contributed by atoms with Crippen molar-refractivity contribution in [3.63, 3.8) is 0 Å². The van der Waals surface area contributed by atoms with E-state index in [9.17, 15) is 13.2 Å². The highest BCUT2D eigenvalue weighted by molar-refractivity contribution is 5.79. The van der Waals surface area contributed by atoms with Gasteiger partial charge in [-0.15, -0.1) is 0 Å². The molecule has 0 saturated heterocycles. The van der Waals surface area contributed by atoms with Crippen LogP contribution in [0.25, 0.3) is 11.0 Å². The summed E-state index contributed by atoms with van der Waals surface area (Å²) in [4.78, 5) is 5.82. The number of aromatic nitrogens is 2. The zero-order valence-electron chi connectivity index (χ0n) is 10.3. The molecular weight excluding hydrogens is 243 g/mol. The summed E-state index contributed by atoms with van der Waals surface area (Å²) in [6.45, 7) is 5.93. The summed E-state index contributed by atoms with van der Waals surface area (Å²) in [5.74, 6) is -0.967. The van der Waals surface area contributed by atoms with Crippen LogP contribution < -0.4 is 5.32 Å². The quantitative estimate of drug-likeness (QED) is 0.816. The molecule has 2 aromatic rings. The van der Waals surface area contributed by atoms with Crippen molar-refractivity contribution < 1.29 is 13.2 Å². The molecule has 1 heterocycles. The van der Waals surface area contributed by atoms with Gasteiger partial charge < -0.3 is 10.3 Å². The van der Waals surface area contributed by atoms with E-state index >= 15 is 0 Å². The maximum Gasteiger partial charge on any atom is 0.449 e. The average molecular weight is 257 g/mol. The maximum absolute atomic E-state index is 12.5. The van der Waals surface area contributed by atoms with Crippen molar-refractivity contribution in [2.75, 3.05) is 5.32 Å². The molecule has 0 spiro atoms. The average Bonchev–Trinajstić information content (AvgIpc) is 2.57. The Bertz CT molecular complexity index is 564. The highest BCUT2D eigenvalue weighted by atomic mass is 19.4. The Morgan fingerprint density at radius 1 is 1.17 bits per heavy atom. The normalized spacial score (nSPS) is 13.0. The van der Waals surface area contributed by atoms with E-state index in [-0.39, 0.29) is 5.54 Å². The van der Waals surface area contributed by atoms with Gasteiger partial charge in [0.05, 0.1) is 11.0 Å². The van der Waals surface area contributed by atoms with E-state index in [1.165, 1.54) is 0 Å². The van der Waals surface area contributed by atoms with Gasteiger partial charge in [0.15, 0.2) is 0 Å². The Balaban J connectivity index is 2.40. The maximum atomic E-state index is 12.5. The minimum atomic E-state index is -4.45. The molecule has 3 nitrogen and oxygen atoms in total. The van der Waals surface area contributed by atoms with Gasteiger partial charge in [-0.25, -0.2) is 4.98 Å². The van der Waals surface area contributed by atoms with Crippen LogP contribution in [-0.2, 0) is 6.18 Å². The highest BCUT2D eigenvalue weighted by Crippen LogP contribution is 2.29. The largest absolute Gasteiger partial charge is 0.449 e. The summed E-state index contributed by atoms with van der Waals surface area (Å²) in [6.07, 6.45) is -4.45. The van der Waals surface area contributed by atoms with E-state index in [2.05, 4.69) is 15.3 Å². The number of benzene rings is 1. The number of halogens is 3. The van der Waals surface area contributed by atoms with Crippen molar-refractivity contribution in [1.82, 2.24) is 9.97 Å². The van der Waals surface area contributed by atoms with E-state index in [1.807, 2.05) is 20.8 Å². The molecule has 0 fully saturated rings. The monoisotopic (exact) mass is 257 g/mol. The van der Waals surface area contributed by atoms with Gasteiger partial charge in [0, 0.05) is 11.2 Å². The number of anilines is 1. The first kappa shape index (κ1) is 12.7. The van der Waals surface area contributed by atoms with Gasteiger partial charge in [-0.2, -0.15) is 13.2 Å². The highest BCUT2D eigenvalue weighted by Gasteiger charge is 2.34. The Labute approximate surface area is 102 Å². The number of fused-ring (bicyclic) bond motifs is 1. The van der Waals surface area contributed by atoms with Crippen LogP contribution in [0.3, 0.4) is 0 Å². The minimum absolute atomic E-state index is 0.156. The molecule has 2 rings (SSSR count). The number of nitrogens with one attached hydrogen (secondary N) is 2. The van der Waals surface area contributed by atoms with Crippen LogP contribution in [0.1, 0.15) is 26.6 Å². The Morgan fingerprint density at radius 3 is 2.39 bits per heavy atom.